The van der Waals surface area contributed by atoms with E-state index in [0.717, 1.165) is 10.7 Å². The molecule has 11 heteroatoms. The van der Waals surface area contributed by atoms with Gasteiger partial charge in [-0.15, -0.1) is 0 Å². The quantitative estimate of drug-likeness (QED) is 0.516. The Bertz CT molecular complexity index is 997. The van der Waals surface area contributed by atoms with Gasteiger partial charge in [-0.05, 0) is 25.1 Å². The van der Waals surface area contributed by atoms with Gasteiger partial charge >= 0.3 is 57.6 Å². The van der Waals surface area contributed by atoms with Crippen LogP contribution >= 0.6 is 0 Å². The number of alkyl halides is 3. The Morgan fingerprint density at radius 3 is 2.24 bits per heavy atom. The number of hydrogen-bond acceptors (Lipinski definition) is 4. The minimum atomic E-state index is -4.76. The van der Waals surface area contributed by atoms with E-state index in [9.17, 15) is 31.2 Å². The fraction of sp³-hybridized carbons (Fsp3) is 0.286. The Labute approximate surface area is 185 Å². The molecule has 0 saturated heterocycles. The first-order valence-corrected chi connectivity index (χ1v) is 8.44. The predicted molar refractivity (Wildman–Crippen MR) is 79.9 cm³/mol. The van der Waals surface area contributed by atoms with Gasteiger partial charge in [0.2, 0.25) is 5.78 Å². The standard InChI is InChI=1S/C14H13F3N2O4S.K.H/c1-7-11(13(21)19(2)18-7)12(20)9-5-4-8(14(15,16)17)6-10(9)24(3,22)23;;/h4-6,18H,1-3H3;;/q;+1;-1. The number of nitrogens with zero attached hydrogens (tertiary/aromatic N) is 1. The Kier molecular flexibility index (Phi) is 6.68. The van der Waals surface area contributed by atoms with Crippen LogP contribution in [0, 0.1) is 6.92 Å². The summed E-state index contributed by atoms with van der Waals surface area (Å²) in [5.74, 6) is -0.955. The van der Waals surface area contributed by atoms with Crippen LogP contribution in [0.1, 0.15) is 28.6 Å². The van der Waals surface area contributed by atoms with Gasteiger partial charge in [0.25, 0.3) is 5.56 Å². The number of carbonyl (C=O) groups is 1. The van der Waals surface area contributed by atoms with Crippen molar-refractivity contribution in [2.45, 2.75) is 18.0 Å². The van der Waals surface area contributed by atoms with Crippen molar-refractivity contribution in [1.82, 2.24) is 9.78 Å². The van der Waals surface area contributed by atoms with Crippen LogP contribution in [0.4, 0.5) is 13.2 Å². The van der Waals surface area contributed by atoms with Crippen molar-refractivity contribution in [3.05, 3.63) is 50.9 Å². The van der Waals surface area contributed by atoms with Crippen molar-refractivity contribution in [3.8, 4) is 0 Å². The molecule has 1 heterocycles. The van der Waals surface area contributed by atoms with E-state index in [2.05, 4.69) is 5.10 Å². The molecule has 0 amide bonds. The number of aromatic nitrogens is 2. The van der Waals surface area contributed by atoms with Gasteiger partial charge in [0.1, 0.15) is 5.56 Å². The van der Waals surface area contributed by atoms with Crippen LogP contribution in [0.2, 0.25) is 0 Å². The van der Waals surface area contributed by atoms with Crippen molar-refractivity contribution in [2.24, 2.45) is 7.05 Å². The van der Waals surface area contributed by atoms with E-state index in [0.29, 0.717) is 18.4 Å². The van der Waals surface area contributed by atoms with Crippen molar-refractivity contribution in [1.29, 1.82) is 0 Å². The SMILES string of the molecule is Cc1[nH]n(C)c(=O)c1C(=O)c1ccc(C(F)(F)F)cc1S(C)(=O)=O.[H-].[K+]. The molecule has 1 aromatic carbocycles. The third-order valence-electron chi connectivity index (χ3n) is 3.41. The van der Waals surface area contributed by atoms with Crippen molar-refractivity contribution in [3.63, 3.8) is 0 Å². The Hall–Kier alpha value is -0.724. The largest absolute Gasteiger partial charge is 1.00 e. The maximum atomic E-state index is 12.8. The second-order valence-corrected chi connectivity index (χ2v) is 7.27. The normalized spacial score (nSPS) is 11.9. The molecule has 0 radical (unpaired) electrons. The number of rotatable bonds is 3. The van der Waals surface area contributed by atoms with Crippen molar-refractivity contribution in [2.75, 3.05) is 6.26 Å². The van der Waals surface area contributed by atoms with Crippen LogP contribution in [-0.2, 0) is 23.1 Å². The molecule has 0 aliphatic carbocycles. The fourth-order valence-corrected chi connectivity index (χ4v) is 3.18. The molecule has 2 aromatic rings. The smallest absolute Gasteiger partial charge is 1.00 e. The minimum absolute atomic E-state index is 0. The zero-order valence-electron chi connectivity index (χ0n) is 14.9. The fourth-order valence-electron chi connectivity index (χ4n) is 2.28. The molecule has 1 N–H and O–H groups in total. The van der Waals surface area contributed by atoms with E-state index in [1.165, 1.54) is 14.0 Å². The summed E-state index contributed by atoms with van der Waals surface area (Å²) in [6.45, 7) is 1.43. The topological polar surface area (TPSA) is 89.0 Å². The molecule has 25 heavy (non-hydrogen) atoms. The number of ketones is 1. The van der Waals surface area contributed by atoms with Crippen LogP contribution in [-0.4, -0.2) is 30.2 Å². The number of carbonyl (C=O) groups excluding carboxylic acids is 1. The summed E-state index contributed by atoms with van der Waals surface area (Å²) in [5, 5.41) is 2.57. The number of H-pyrrole nitrogens is 1. The summed E-state index contributed by atoms with van der Waals surface area (Å²) in [6.07, 6.45) is -4.07. The van der Waals surface area contributed by atoms with Crippen LogP contribution < -0.4 is 56.9 Å². The predicted octanol–water partition coefficient (Wildman–Crippen LogP) is -1.21. The Morgan fingerprint density at radius 2 is 1.84 bits per heavy atom. The van der Waals surface area contributed by atoms with Gasteiger partial charge in [-0.2, -0.15) is 13.2 Å². The maximum Gasteiger partial charge on any atom is 1.00 e. The number of aromatic amines is 1. The number of sulfone groups is 1. The van der Waals surface area contributed by atoms with E-state index in [4.69, 9.17) is 0 Å². The first-order valence-electron chi connectivity index (χ1n) is 6.55. The second-order valence-electron chi connectivity index (χ2n) is 5.29. The van der Waals surface area contributed by atoms with Crippen molar-refractivity contribution >= 4 is 15.6 Å². The molecule has 0 aliphatic rings. The number of hydrogen-bond donors (Lipinski definition) is 1. The summed E-state index contributed by atoms with van der Waals surface area (Å²) in [7, 11) is -2.77. The molecular weight excluding hydrogens is 388 g/mol. The molecule has 0 unspecified atom stereocenters. The molecule has 132 valence electrons. The van der Waals surface area contributed by atoms with E-state index >= 15 is 0 Å². The summed E-state index contributed by atoms with van der Waals surface area (Å²) >= 11 is 0. The summed E-state index contributed by atoms with van der Waals surface area (Å²) in [4.78, 5) is 23.8. The third kappa shape index (κ3) is 4.52. The second kappa shape index (κ2) is 7.49. The van der Waals surface area contributed by atoms with Gasteiger partial charge in [0.05, 0.1) is 10.5 Å². The van der Waals surface area contributed by atoms with E-state index in [1.807, 2.05) is 0 Å². The first-order chi connectivity index (χ1) is 10.8. The average molecular weight is 402 g/mol. The molecule has 0 spiro atoms. The molecule has 2 rings (SSSR count). The zero-order chi connectivity index (χ0) is 18.4. The van der Waals surface area contributed by atoms with Gasteiger partial charge in [0, 0.05) is 24.6 Å². The van der Waals surface area contributed by atoms with Crippen LogP contribution in [0.3, 0.4) is 0 Å². The van der Waals surface area contributed by atoms with Gasteiger partial charge in [-0.25, -0.2) is 8.42 Å². The Balaban J connectivity index is 0.00000312. The van der Waals surface area contributed by atoms with E-state index in [-0.39, 0.29) is 64.1 Å². The maximum absolute atomic E-state index is 12.8. The molecule has 0 atom stereocenters. The first kappa shape index (κ1) is 22.3. The summed E-state index contributed by atoms with van der Waals surface area (Å²) < 4.78 is 63.1. The molecule has 0 bridgehead atoms. The minimum Gasteiger partial charge on any atom is -1.00 e. The van der Waals surface area contributed by atoms with Crippen molar-refractivity contribution < 1.29 is 79.2 Å². The number of aryl methyl sites for hydroxylation is 2. The van der Waals surface area contributed by atoms with Gasteiger partial charge < -0.3 is 1.43 Å². The number of halogens is 3. The van der Waals surface area contributed by atoms with Crippen LogP contribution in [0.5, 0.6) is 0 Å². The van der Waals surface area contributed by atoms with Crippen LogP contribution in [0.15, 0.2) is 27.9 Å². The number of nitrogens with one attached hydrogen (secondary N) is 1. The summed E-state index contributed by atoms with van der Waals surface area (Å²) in [6, 6.07) is 1.77. The zero-order valence-corrected chi connectivity index (χ0v) is 17.8. The van der Waals surface area contributed by atoms with Gasteiger partial charge in [-0.3, -0.25) is 19.4 Å². The monoisotopic (exact) mass is 402 g/mol. The molecule has 1 aromatic heterocycles. The third-order valence-corrected chi connectivity index (χ3v) is 4.55. The molecule has 0 aliphatic heterocycles. The molecule has 0 saturated carbocycles. The average Bonchev–Trinajstić information content (AvgIpc) is 2.69. The van der Waals surface area contributed by atoms with E-state index < -0.39 is 43.4 Å². The van der Waals surface area contributed by atoms with Crippen LogP contribution in [0.25, 0.3) is 0 Å². The summed E-state index contributed by atoms with van der Waals surface area (Å²) in [5.41, 5.74) is -2.51. The molecule has 6 nitrogen and oxygen atoms in total. The molecular formula is C14H14F3KN2O4S. The molecule has 0 fully saturated rings. The van der Waals surface area contributed by atoms with Gasteiger partial charge in [-0.1, -0.05) is 0 Å². The Morgan fingerprint density at radius 1 is 1.28 bits per heavy atom. The number of benzene rings is 1. The van der Waals surface area contributed by atoms with Gasteiger partial charge in [0.15, 0.2) is 9.84 Å². The van der Waals surface area contributed by atoms with E-state index in [1.54, 1.807) is 0 Å².